The van der Waals surface area contributed by atoms with E-state index in [0.717, 1.165) is 43.4 Å². The number of hydrogen-bond donors (Lipinski definition) is 2. The van der Waals surface area contributed by atoms with Crippen LogP contribution in [0.2, 0.25) is 0 Å². The summed E-state index contributed by atoms with van der Waals surface area (Å²) < 4.78 is 0. The molecule has 0 saturated heterocycles. The molecule has 2 N–H and O–H groups in total. The van der Waals surface area contributed by atoms with E-state index in [1.165, 1.54) is 50.5 Å². The second kappa shape index (κ2) is 8.66. The highest BCUT2D eigenvalue weighted by molar-refractivity contribution is 5.15. The highest BCUT2D eigenvalue weighted by Crippen LogP contribution is 2.68. The molecular formula is C31H48O2. The number of rotatable bonds is 5. The van der Waals surface area contributed by atoms with E-state index in [1.54, 1.807) is 0 Å². The molecule has 0 bridgehead atoms. The van der Waals surface area contributed by atoms with Crippen LogP contribution in [0.5, 0.6) is 0 Å². The summed E-state index contributed by atoms with van der Waals surface area (Å²) in [5.74, 6) is 4.31. The van der Waals surface area contributed by atoms with Gasteiger partial charge in [-0.2, -0.15) is 0 Å². The van der Waals surface area contributed by atoms with Gasteiger partial charge in [-0.3, -0.25) is 0 Å². The lowest BCUT2D eigenvalue weighted by atomic mass is 9.43. The molecule has 4 saturated carbocycles. The molecule has 0 heterocycles. The standard InChI is InChI=1S/C31H48O2/c1-21(28(32)15-10-22-8-6-5-7-9-22)25-13-14-26-24-12-11-23-20-29(2,33)18-19-30(23,3)27(24)16-17-31(25,26)4/h5-9,21,23-28,32-33H,10-20H2,1-4H3/t21-,23-,24-,25+,26-,27-,28-,29-,30-,31+/m0/s1. The van der Waals surface area contributed by atoms with Gasteiger partial charge in [0, 0.05) is 0 Å². The summed E-state index contributed by atoms with van der Waals surface area (Å²) in [7, 11) is 0. The van der Waals surface area contributed by atoms with Crippen molar-refractivity contribution in [3.8, 4) is 0 Å². The summed E-state index contributed by atoms with van der Waals surface area (Å²) in [6.07, 6.45) is 13.0. The molecule has 4 aliphatic rings. The van der Waals surface area contributed by atoms with Crippen LogP contribution in [0.4, 0.5) is 0 Å². The first-order valence-electron chi connectivity index (χ1n) is 14.1. The van der Waals surface area contributed by atoms with Gasteiger partial charge in [0.2, 0.25) is 0 Å². The van der Waals surface area contributed by atoms with Gasteiger partial charge in [0.1, 0.15) is 0 Å². The third kappa shape index (κ3) is 4.12. The third-order valence-corrected chi connectivity index (χ3v) is 11.8. The van der Waals surface area contributed by atoms with E-state index >= 15 is 0 Å². The number of hydrogen-bond acceptors (Lipinski definition) is 2. The fourth-order valence-corrected chi connectivity index (χ4v) is 9.83. The van der Waals surface area contributed by atoms with Crippen molar-refractivity contribution >= 4 is 0 Å². The molecule has 0 aromatic heterocycles. The lowest BCUT2D eigenvalue weighted by molar-refractivity contribution is -0.149. The van der Waals surface area contributed by atoms with Crippen molar-refractivity contribution in [1.29, 1.82) is 0 Å². The molecule has 33 heavy (non-hydrogen) atoms. The molecule has 0 spiro atoms. The van der Waals surface area contributed by atoms with Crippen molar-refractivity contribution in [3.05, 3.63) is 35.9 Å². The molecule has 0 unspecified atom stereocenters. The molecule has 5 rings (SSSR count). The monoisotopic (exact) mass is 452 g/mol. The van der Waals surface area contributed by atoms with Crippen LogP contribution in [-0.2, 0) is 6.42 Å². The van der Waals surface area contributed by atoms with E-state index in [4.69, 9.17) is 0 Å². The summed E-state index contributed by atoms with van der Waals surface area (Å²) in [4.78, 5) is 0. The van der Waals surface area contributed by atoms with Crippen molar-refractivity contribution in [2.75, 3.05) is 0 Å². The molecular weight excluding hydrogens is 404 g/mol. The van der Waals surface area contributed by atoms with Crippen molar-refractivity contribution < 1.29 is 10.2 Å². The summed E-state index contributed by atoms with van der Waals surface area (Å²) in [6.45, 7) is 9.62. The fraction of sp³-hybridized carbons (Fsp3) is 0.806. The normalized spacial score (nSPS) is 46.7. The number of fused-ring (bicyclic) bond motifs is 5. The smallest absolute Gasteiger partial charge is 0.0622 e. The van der Waals surface area contributed by atoms with Crippen LogP contribution in [-0.4, -0.2) is 21.9 Å². The van der Waals surface area contributed by atoms with Gasteiger partial charge in [0.25, 0.3) is 0 Å². The zero-order valence-electron chi connectivity index (χ0n) is 21.6. The molecule has 4 fully saturated rings. The van der Waals surface area contributed by atoms with E-state index in [0.29, 0.717) is 28.6 Å². The fourth-order valence-electron chi connectivity index (χ4n) is 9.83. The predicted octanol–water partition coefficient (Wildman–Crippen LogP) is 7.03. The first-order chi connectivity index (χ1) is 15.6. The maximum Gasteiger partial charge on any atom is 0.0622 e. The Morgan fingerprint density at radius 1 is 0.879 bits per heavy atom. The van der Waals surface area contributed by atoms with E-state index in [1.807, 2.05) is 0 Å². The topological polar surface area (TPSA) is 40.5 Å². The van der Waals surface area contributed by atoms with Gasteiger partial charge in [-0.1, -0.05) is 51.1 Å². The van der Waals surface area contributed by atoms with Crippen molar-refractivity contribution in [3.63, 3.8) is 0 Å². The summed E-state index contributed by atoms with van der Waals surface area (Å²) in [6, 6.07) is 10.7. The molecule has 0 amide bonds. The highest BCUT2D eigenvalue weighted by Gasteiger charge is 2.61. The SMILES string of the molecule is C[C@@H]([C@H]1CC[C@H]2[C@@H]3CC[C@H]4C[C@@](C)(O)CC[C@]4(C)[C@H]3CC[C@]12C)[C@@H](O)CCc1ccccc1. The van der Waals surface area contributed by atoms with Crippen LogP contribution in [0.1, 0.15) is 97.5 Å². The van der Waals surface area contributed by atoms with Crippen molar-refractivity contribution in [1.82, 2.24) is 0 Å². The van der Waals surface area contributed by atoms with Crippen LogP contribution in [0, 0.1) is 46.3 Å². The van der Waals surface area contributed by atoms with Crippen LogP contribution in [0.25, 0.3) is 0 Å². The Labute approximate surface area is 202 Å². The van der Waals surface area contributed by atoms with E-state index in [9.17, 15) is 10.2 Å². The summed E-state index contributed by atoms with van der Waals surface area (Å²) in [5, 5.41) is 22.0. The van der Waals surface area contributed by atoms with E-state index < -0.39 is 5.60 Å². The molecule has 1 aromatic carbocycles. The average molecular weight is 453 g/mol. The van der Waals surface area contributed by atoms with E-state index in [-0.39, 0.29) is 6.10 Å². The van der Waals surface area contributed by atoms with Gasteiger partial charge in [-0.05, 0) is 129 Å². The number of benzene rings is 1. The molecule has 1 aromatic rings. The van der Waals surface area contributed by atoms with Gasteiger partial charge in [0.15, 0.2) is 0 Å². The Morgan fingerprint density at radius 2 is 1.61 bits per heavy atom. The number of aliphatic hydroxyl groups excluding tert-OH is 1. The zero-order chi connectivity index (χ0) is 23.4. The molecule has 0 aliphatic heterocycles. The molecule has 2 nitrogen and oxygen atoms in total. The second-order valence-electron chi connectivity index (χ2n) is 13.5. The lowest BCUT2D eigenvalue weighted by Crippen LogP contribution is -2.55. The maximum absolute atomic E-state index is 11.2. The maximum atomic E-state index is 11.2. The number of aliphatic hydroxyl groups is 2. The Morgan fingerprint density at radius 3 is 2.36 bits per heavy atom. The van der Waals surface area contributed by atoms with Crippen LogP contribution >= 0.6 is 0 Å². The number of aryl methyl sites for hydroxylation is 1. The molecule has 4 aliphatic carbocycles. The highest BCUT2D eigenvalue weighted by atomic mass is 16.3. The van der Waals surface area contributed by atoms with Crippen LogP contribution in [0.15, 0.2) is 30.3 Å². The Kier molecular flexibility index (Phi) is 6.26. The minimum Gasteiger partial charge on any atom is -0.393 e. The first kappa shape index (κ1) is 23.9. The van der Waals surface area contributed by atoms with Gasteiger partial charge < -0.3 is 10.2 Å². The van der Waals surface area contributed by atoms with Crippen LogP contribution < -0.4 is 0 Å². The van der Waals surface area contributed by atoms with Gasteiger partial charge >= 0.3 is 0 Å². The lowest BCUT2D eigenvalue weighted by Gasteiger charge is -2.62. The van der Waals surface area contributed by atoms with Gasteiger partial charge in [0.05, 0.1) is 11.7 Å². The Bertz CT molecular complexity index is 817. The Balaban J connectivity index is 1.27. The molecule has 2 heteroatoms. The second-order valence-corrected chi connectivity index (χ2v) is 13.5. The average Bonchev–Trinajstić information content (AvgIpc) is 3.15. The molecule has 0 radical (unpaired) electrons. The largest absolute Gasteiger partial charge is 0.393 e. The minimum atomic E-state index is -0.441. The summed E-state index contributed by atoms with van der Waals surface area (Å²) in [5.41, 5.74) is 1.74. The van der Waals surface area contributed by atoms with E-state index in [2.05, 4.69) is 58.0 Å². The molecule has 10 atom stereocenters. The van der Waals surface area contributed by atoms with Crippen molar-refractivity contribution in [2.24, 2.45) is 46.3 Å². The summed E-state index contributed by atoms with van der Waals surface area (Å²) >= 11 is 0. The quantitative estimate of drug-likeness (QED) is 0.503. The van der Waals surface area contributed by atoms with Gasteiger partial charge in [-0.25, -0.2) is 0 Å². The third-order valence-electron chi connectivity index (χ3n) is 11.8. The Hall–Kier alpha value is -0.860. The first-order valence-corrected chi connectivity index (χ1v) is 14.1. The molecule has 184 valence electrons. The zero-order valence-corrected chi connectivity index (χ0v) is 21.6. The minimum absolute atomic E-state index is 0.197. The van der Waals surface area contributed by atoms with Crippen LogP contribution in [0.3, 0.4) is 0 Å². The predicted molar refractivity (Wildman–Crippen MR) is 136 cm³/mol. The van der Waals surface area contributed by atoms with Crippen molar-refractivity contribution in [2.45, 2.75) is 110 Å². The van der Waals surface area contributed by atoms with Gasteiger partial charge in [-0.15, -0.1) is 0 Å².